The number of aromatic nitrogens is 1. The number of ether oxygens (including phenoxy) is 1. The lowest BCUT2D eigenvalue weighted by Gasteiger charge is -2.29. The number of carbonyl (C=O) groups is 3. The van der Waals surface area contributed by atoms with E-state index in [1.165, 1.54) is 41.8 Å². The summed E-state index contributed by atoms with van der Waals surface area (Å²) in [5.41, 5.74) is 1.38. The van der Waals surface area contributed by atoms with Gasteiger partial charge in [-0.2, -0.15) is 4.31 Å². The Bertz CT molecular complexity index is 1580. The largest absolute Gasteiger partial charge is 0.467 e. The highest BCUT2D eigenvalue weighted by atomic mass is 35.5. The highest BCUT2D eigenvalue weighted by Crippen LogP contribution is 2.29. The number of esters is 1. The van der Waals surface area contributed by atoms with Crippen molar-refractivity contribution in [2.45, 2.75) is 36.6 Å². The van der Waals surface area contributed by atoms with E-state index in [0.717, 1.165) is 19.3 Å². The van der Waals surface area contributed by atoms with Crippen LogP contribution in [0.1, 0.15) is 35.2 Å². The van der Waals surface area contributed by atoms with Crippen molar-refractivity contribution in [2.24, 2.45) is 0 Å². The Hall–Kier alpha value is -3.71. The minimum Gasteiger partial charge on any atom is -0.467 e. The SMILES string of the molecule is COC(=O)[C@H](Cc1ccc(NC(=O)c2c(Cl)cncc2Cl)cc1)NC(=O)N(C)c1ccccc1S(=O)(=O)N1CCCCC1. The number of urea groups is 1. The van der Waals surface area contributed by atoms with E-state index in [0.29, 0.717) is 24.3 Å². The number of pyridine rings is 1. The maximum absolute atomic E-state index is 13.4. The Morgan fingerprint density at radius 2 is 1.63 bits per heavy atom. The van der Waals surface area contributed by atoms with Crippen molar-refractivity contribution in [1.29, 1.82) is 0 Å². The molecule has 2 aromatic carbocycles. The zero-order valence-electron chi connectivity index (χ0n) is 23.5. The summed E-state index contributed by atoms with van der Waals surface area (Å²) in [6, 6.07) is 11.1. The first-order valence-corrected chi connectivity index (χ1v) is 15.6. The number of nitrogens with zero attached hydrogens (tertiary/aromatic N) is 3. The van der Waals surface area contributed by atoms with Crippen LogP contribution < -0.4 is 15.5 Å². The molecule has 1 fully saturated rings. The number of nitrogens with one attached hydrogen (secondary N) is 2. The molecule has 0 saturated carbocycles. The zero-order valence-corrected chi connectivity index (χ0v) is 25.9. The van der Waals surface area contributed by atoms with Crippen LogP contribution in [0.15, 0.2) is 65.8 Å². The molecule has 0 bridgehead atoms. The van der Waals surface area contributed by atoms with Crippen LogP contribution in [0.25, 0.3) is 0 Å². The molecule has 0 unspecified atom stereocenters. The van der Waals surface area contributed by atoms with Crippen molar-refractivity contribution in [3.05, 3.63) is 82.1 Å². The maximum atomic E-state index is 13.4. The number of halogens is 2. The van der Waals surface area contributed by atoms with Crippen molar-refractivity contribution < 1.29 is 27.5 Å². The minimum absolute atomic E-state index is 0.0103. The van der Waals surface area contributed by atoms with Crippen molar-refractivity contribution in [2.75, 3.05) is 37.5 Å². The first-order chi connectivity index (χ1) is 20.5. The number of rotatable bonds is 9. The number of methoxy groups -OCH3 is 1. The van der Waals surface area contributed by atoms with Gasteiger partial charge in [-0.15, -0.1) is 0 Å². The maximum Gasteiger partial charge on any atom is 0.328 e. The summed E-state index contributed by atoms with van der Waals surface area (Å²) in [6.45, 7) is 0.843. The van der Waals surface area contributed by atoms with Gasteiger partial charge in [0.2, 0.25) is 10.0 Å². The van der Waals surface area contributed by atoms with Gasteiger partial charge in [0.1, 0.15) is 10.9 Å². The van der Waals surface area contributed by atoms with Crippen LogP contribution in [0.2, 0.25) is 10.0 Å². The highest BCUT2D eigenvalue weighted by Gasteiger charge is 2.31. The van der Waals surface area contributed by atoms with Gasteiger partial charge in [0.25, 0.3) is 5.91 Å². The molecule has 4 rings (SSSR count). The third-order valence-corrected chi connectivity index (χ3v) is 9.50. The van der Waals surface area contributed by atoms with E-state index in [4.69, 9.17) is 27.9 Å². The van der Waals surface area contributed by atoms with Gasteiger partial charge in [0.05, 0.1) is 28.4 Å². The molecule has 1 aromatic heterocycles. The summed E-state index contributed by atoms with van der Waals surface area (Å²) >= 11 is 12.1. The highest BCUT2D eigenvalue weighted by molar-refractivity contribution is 7.89. The molecule has 43 heavy (non-hydrogen) atoms. The van der Waals surface area contributed by atoms with E-state index < -0.39 is 34.0 Å². The van der Waals surface area contributed by atoms with E-state index in [-0.39, 0.29) is 32.6 Å². The fraction of sp³-hybridized carbons (Fsp3) is 0.310. The van der Waals surface area contributed by atoms with Crippen LogP contribution in [0.3, 0.4) is 0 Å². The molecule has 1 aliphatic rings. The lowest BCUT2D eigenvalue weighted by molar-refractivity contribution is -0.142. The molecule has 0 aliphatic carbocycles. The second-order valence-corrected chi connectivity index (χ2v) is 12.6. The monoisotopic (exact) mass is 647 g/mol. The Balaban J connectivity index is 1.47. The van der Waals surface area contributed by atoms with Crippen molar-refractivity contribution >= 4 is 62.5 Å². The van der Waals surface area contributed by atoms with Crippen LogP contribution >= 0.6 is 23.2 Å². The molecule has 0 radical (unpaired) electrons. The first kappa shape index (κ1) is 32.2. The third kappa shape index (κ3) is 7.63. The molecular weight excluding hydrogens is 617 g/mol. The molecule has 11 nitrogen and oxygen atoms in total. The number of para-hydroxylation sites is 1. The number of hydrogen-bond donors (Lipinski definition) is 2. The van der Waals surface area contributed by atoms with E-state index in [1.54, 1.807) is 42.5 Å². The molecular formula is C29H31Cl2N5O6S. The quantitative estimate of drug-likeness (QED) is 0.320. The molecule has 1 atom stereocenters. The Morgan fingerprint density at radius 3 is 2.26 bits per heavy atom. The smallest absolute Gasteiger partial charge is 0.328 e. The lowest BCUT2D eigenvalue weighted by atomic mass is 10.1. The fourth-order valence-electron chi connectivity index (χ4n) is 4.67. The van der Waals surface area contributed by atoms with Gasteiger partial charge < -0.3 is 15.4 Å². The molecule has 228 valence electrons. The summed E-state index contributed by atoms with van der Waals surface area (Å²) in [6.07, 6.45) is 5.22. The van der Waals surface area contributed by atoms with E-state index in [9.17, 15) is 22.8 Å². The van der Waals surface area contributed by atoms with Gasteiger partial charge in [0.15, 0.2) is 0 Å². The van der Waals surface area contributed by atoms with Gasteiger partial charge in [0, 0.05) is 44.6 Å². The van der Waals surface area contributed by atoms with E-state index in [1.807, 2.05) is 0 Å². The average Bonchev–Trinajstić information content (AvgIpc) is 3.01. The average molecular weight is 649 g/mol. The molecule has 3 aromatic rings. The summed E-state index contributed by atoms with van der Waals surface area (Å²) in [5.74, 6) is -1.20. The van der Waals surface area contributed by atoms with E-state index >= 15 is 0 Å². The summed E-state index contributed by atoms with van der Waals surface area (Å²) in [7, 11) is -1.19. The van der Waals surface area contributed by atoms with Crippen molar-refractivity contribution in [1.82, 2.24) is 14.6 Å². The Labute approximate surface area is 260 Å². The number of amides is 3. The lowest BCUT2D eigenvalue weighted by Crippen LogP contribution is -2.48. The van der Waals surface area contributed by atoms with Gasteiger partial charge in [-0.1, -0.05) is 53.9 Å². The number of piperidine rings is 1. The predicted octanol–water partition coefficient (Wildman–Crippen LogP) is 4.75. The van der Waals surface area contributed by atoms with Crippen LogP contribution in [0.4, 0.5) is 16.2 Å². The number of benzene rings is 2. The molecule has 2 heterocycles. The fourth-order valence-corrected chi connectivity index (χ4v) is 6.94. The molecule has 1 aliphatic heterocycles. The van der Waals surface area contributed by atoms with Crippen molar-refractivity contribution in [3.8, 4) is 0 Å². The minimum atomic E-state index is -3.83. The number of sulfonamides is 1. The van der Waals surface area contributed by atoms with Crippen LogP contribution in [-0.4, -0.2) is 68.9 Å². The Morgan fingerprint density at radius 1 is 1.00 bits per heavy atom. The van der Waals surface area contributed by atoms with Crippen LogP contribution in [0, 0.1) is 0 Å². The topological polar surface area (TPSA) is 138 Å². The van der Waals surface area contributed by atoms with Crippen molar-refractivity contribution in [3.63, 3.8) is 0 Å². The molecule has 14 heteroatoms. The normalized spacial score (nSPS) is 14.4. The number of hydrogen-bond acceptors (Lipinski definition) is 7. The molecule has 2 N–H and O–H groups in total. The van der Waals surface area contributed by atoms with E-state index in [2.05, 4.69) is 15.6 Å². The van der Waals surface area contributed by atoms with Crippen LogP contribution in [-0.2, 0) is 26.0 Å². The summed E-state index contributed by atoms with van der Waals surface area (Å²) < 4.78 is 33.2. The standard InChI is InChI=1S/C29H31Cl2N5O6S/c1-35(24-8-4-5-9-25(24)43(40,41)36-14-6-3-7-15-36)29(39)34-23(28(38)42-2)16-19-10-12-20(13-11-19)33-27(37)26-21(30)17-32-18-22(26)31/h4-5,8-13,17-18,23H,3,6-7,14-16H2,1-2H3,(H,33,37)(H,34,39)/t23-/m0/s1. The van der Waals surface area contributed by atoms with Gasteiger partial charge >= 0.3 is 12.0 Å². The van der Waals surface area contributed by atoms with Crippen LogP contribution in [0.5, 0.6) is 0 Å². The first-order valence-electron chi connectivity index (χ1n) is 13.4. The second kappa shape index (κ2) is 14.2. The van der Waals surface area contributed by atoms with Gasteiger partial charge in [-0.3, -0.25) is 14.7 Å². The number of carbonyl (C=O) groups excluding carboxylic acids is 3. The second-order valence-electron chi connectivity index (χ2n) is 9.85. The third-order valence-electron chi connectivity index (χ3n) is 6.98. The van der Waals surface area contributed by atoms with Gasteiger partial charge in [-0.05, 0) is 42.7 Å². The predicted molar refractivity (Wildman–Crippen MR) is 164 cm³/mol. The molecule has 1 saturated heterocycles. The zero-order chi connectivity index (χ0) is 31.1. The summed E-state index contributed by atoms with van der Waals surface area (Å²) in [4.78, 5) is 43.6. The number of anilines is 2. The molecule has 3 amide bonds. The van der Waals surface area contributed by atoms with Gasteiger partial charge in [-0.25, -0.2) is 18.0 Å². The molecule has 0 spiro atoms. The summed E-state index contributed by atoms with van der Waals surface area (Å²) in [5, 5.41) is 5.57. The Kier molecular flexibility index (Phi) is 10.6.